The van der Waals surface area contributed by atoms with E-state index in [1.165, 1.54) is 0 Å². The van der Waals surface area contributed by atoms with Crippen molar-refractivity contribution in [2.75, 3.05) is 13.2 Å². The Balaban J connectivity index is 1.28. The fraction of sp³-hybridized carbons (Fsp3) is 0.182. The van der Waals surface area contributed by atoms with Gasteiger partial charge in [-0.05, 0) is 43.3 Å². The minimum Gasteiger partial charge on any atom is -0.494 e. The maximum absolute atomic E-state index is 12.0. The van der Waals surface area contributed by atoms with E-state index in [1.54, 1.807) is 30.3 Å². The number of rotatable bonds is 8. The highest BCUT2D eigenvalue weighted by Gasteiger charge is 2.13. The molecule has 1 amide bonds. The molecule has 4 aromatic rings. The third-order valence-electron chi connectivity index (χ3n) is 4.20. The molecule has 0 saturated heterocycles. The zero-order chi connectivity index (χ0) is 20.1. The van der Waals surface area contributed by atoms with E-state index >= 15 is 0 Å². The first-order valence-electron chi connectivity index (χ1n) is 9.28. The summed E-state index contributed by atoms with van der Waals surface area (Å²) in [7, 11) is 0. The largest absolute Gasteiger partial charge is 0.494 e. The van der Waals surface area contributed by atoms with Crippen molar-refractivity contribution in [3.05, 3.63) is 66.4 Å². The monoisotopic (exact) mass is 392 g/mol. The highest BCUT2D eigenvalue weighted by molar-refractivity contribution is 5.81. The number of hydrogen-bond acceptors (Lipinski definition) is 6. The van der Waals surface area contributed by atoms with E-state index in [0.29, 0.717) is 29.6 Å². The van der Waals surface area contributed by atoms with Gasteiger partial charge in [-0.2, -0.15) is 0 Å². The average Bonchev–Trinajstić information content (AvgIpc) is 3.38. The quantitative estimate of drug-likeness (QED) is 0.484. The van der Waals surface area contributed by atoms with Gasteiger partial charge in [0.25, 0.3) is 5.91 Å². The first kappa shape index (κ1) is 18.6. The number of nitrogens with zero attached hydrogens (tertiary/aromatic N) is 1. The Labute approximate surface area is 167 Å². The average molecular weight is 392 g/mol. The second kappa shape index (κ2) is 8.52. The van der Waals surface area contributed by atoms with Gasteiger partial charge in [0.05, 0.1) is 13.2 Å². The number of nitrogens with one attached hydrogen (secondary N) is 1. The van der Waals surface area contributed by atoms with Crippen LogP contribution >= 0.6 is 0 Å². The molecule has 7 heteroatoms. The van der Waals surface area contributed by atoms with E-state index in [0.717, 1.165) is 16.7 Å². The van der Waals surface area contributed by atoms with Crippen molar-refractivity contribution in [2.45, 2.75) is 13.5 Å². The number of furan rings is 1. The highest BCUT2D eigenvalue weighted by atomic mass is 16.5. The van der Waals surface area contributed by atoms with Crippen molar-refractivity contribution < 1.29 is 23.2 Å². The summed E-state index contributed by atoms with van der Waals surface area (Å²) in [5.41, 5.74) is 1.37. The molecule has 0 spiro atoms. The topological polar surface area (TPSA) is 86.7 Å². The molecule has 2 heterocycles. The van der Waals surface area contributed by atoms with Gasteiger partial charge in [-0.3, -0.25) is 4.79 Å². The number of benzene rings is 2. The lowest BCUT2D eigenvalue weighted by Crippen LogP contribution is -2.28. The Morgan fingerprint density at radius 1 is 1.00 bits per heavy atom. The second-order valence-corrected chi connectivity index (χ2v) is 6.30. The Hall–Kier alpha value is -3.74. The molecular weight excluding hydrogens is 372 g/mol. The van der Waals surface area contributed by atoms with Gasteiger partial charge < -0.3 is 23.7 Å². The van der Waals surface area contributed by atoms with Gasteiger partial charge in [0, 0.05) is 11.5 Å². The third kappa shape index (κ3) is 4.57. The maximum atomic E-state index is 12.0. The van der Waals surface area contributed by atoms with Crippen LogP contribution in [-0.2, 0) is 11.3 Å². The predicted octanol–water partition coefficient (Wildman–Crippen LogP) is 4.18. The molecule has 2 aromatic carbocycles. The summed E-state index contributed by atoms with van der Waals surface area (Å²) < 4.78 is 21.9. The van der Waals surface area contributed by atoms with Gasteiger partial charge in [0.2, 0.25) is 5.76 Å². The minimum absolute atomic E-state index is 0.0950. The molecule has 1 N–H and O–H groups in total. The standard InChI is InChI=1S/C22H20N2O5/c1-2-26-17-7-9-18(10-8-17)27-14-22(25)23-13-16-12-21(29-24-16)20-11-15-5-3-4-6-19(15)28-20/h3-12H,2,13-14H2,1H3,(H,23,25). The van der Waals surface area contributed by atoms with Gasteiger partial charge in [-0.1, -0.05) is 23.4 Å². The number of amides is 1. The van der Waals surface area contributed by atoms with Crippen LogP contribution in [0.25, 0.3) is 22.5 Å². The SMILES string of the molecule is CCOc1ccc(OCC(=O)NCc2cc(-c3cc4ccccc4o3)on2)cc1. The normalized spacial score (nSPS) is 10.8. The fourth-order valence-corrected chi connectivity index (χ4v) is 2.80. The number of fused-ring (bicyclic) bond motifs is 1. The number of carbonyl (C=O) groups excluding carboxylic acids is 1. The van der Waals surface area contributed by atoms with Gasteiger partial charge in [-0.25, -0.2) is 0 Å². The maximum Gasteiger partial charge on any atom is 0.258 e. The van der Waals surface area contributed by atoms with Crippen LogP contribution in [-0.4, -0.2) is 24.3 Å². The molecule has 0 aliphatic heterocycles. The smallest absolute Gasteiger partial charge is 0.258 e. The number of para-hydroxylation sites is 1. The molecule has 0 radical (unpaired) electrons. The molecule has 148 valence electrons. The van der Waals surface area contributed by atoms with Crippen LogP contribution < -0.4 is 14.8 Å². The Morgan fingerprint density at radius 2 is 1.76 bits per heavy atom. The predicted molar refractivity (Wildman–Crippen MR) is 107 cm³/mol. The molecule has 0 fully saturated rings. The molecule has 0 saturated carbocycles. The van der Waals surface area contributed by atoms with Crippen molar-refractivity contribution in [1.82, 2.24) is 10.5 Å². The van der Waals surface area contributed by atoms with Crippen LogP contribution in [0.5, 0.6) is 11.5 Å². The molecule has 7 nitrogen and oxygen atoms in total. The second-order valence-electron chi connectivity index (χ2n) is 6.30. The van der Waals surface area contributed by atoms with E-state index < -0.39 is 0 Å². The zero-order valence-corrected chi connectivity index (χ0v) is 15.9. The van der Waals surface area contributed by atoms with Crippen LogP contribution in [0.3, 0.4) is 0 Å². The Bertz CT molecular complexity index is 1060. The molecule has 29 heavy (non-hydrogen) atoms. The molecule has 0 aliphatic carbocycles. The molecule has 0 bridgehead atoms. The van der Waals surface area contributed by atoms with Crippen LogP contribution in [0.15, 0.2) is 69.6 Å². The molecule has 4 rings (SSSR count). The van der Waals surface area contributed by atoms with E-state index in [-0.39, 0.29) is 19.1 Å². The Morgan fingerprint density at radius 3 is 2.52 bits per heavy atom. The van der Waals surface area contributed by atoms with E-state index in [9.17, 15) is 4.79 Å². The summed E-state index contributed by atoms with van der Waals surface area (Å²) in [5, 5.41) is 7.71. The molecule has 0 unspecified atom stereocenters. The van der Waals surface area contributed by atoms with Crippen molar-refractivity contribution in [2.24, 2.45) is 0 Å². The van der Waals surface area contributed by atoms with Crippen molar-refractivity contribution in [1.29, 1.82) is 0 Å². The van der Waals surface area contributed by atoms with Gasteiger partial charge >= 0.3 is 0 Å². The van der Waals surface area contributed by atoms with Gasteiger partial charge in [0.15, 0.2) is 12.4 Å². The summed E-state index contributed by atoms with van der Waals surface area (Å²) in [5.74, 6) is 2.20. The van der Waals surface area contributed by atoms with E-state index in [4.69, 9.17) is 18.4 Å². The number of carbonyl (C=O) groups is 1. The van der Waals surface area contributed by atoms with Crippen LogP contribution in [0.1, 0.15) is 12.6 Å². The highest BCUT2D eigenvalue weighted by Crippen LogP contribution is 2.28. The lowest BCUT2D eigenvalue weighted by molar-refractivity contribution is -0.123. The lowest BCUT2D eigenvalue weighted by atomic mass is 10.2. The third-order valence-corrected chi connectivity index (χ3v) is 4.20. The summed E-state index contributed by atoms with van der Waals surface area (Å²) >= 11 is 0. The first-order valence-corrected chi connectivity index (χ1v) is 9.28. The van der Waals surface area contributed by atoms with Crippen molar-refractivity contribution in [3.63, 3.8) is 0 Å². The molecular formula is C22H20N2O5. The number of hydrogen-bond donors (Lipinski definition) is 1. The van der Waals surface area contributed by atoms with Crippen molar-refractivity contribution in [3.8, 4) is 23.0 Å². The summed E-state index contributed by atoms with van der Waals surface area (Å²) in [6.07, 6.45) is 0. The van der Waals surface area contributed by atoms with Gasteiger partial charge in [0.1, 0.15) is 22.8 Å². The molecule has 2 aromatic heterocycles. The van der Waals surface area contributed by atoms with Gasteiger partial charge in [-0.15, -0.1) is 0 Å². The first-order chi connectivity index (χ1) is 14.2. The molecule has 0 atom stereocenters. The summed E-state index contributed by atoms with van der Waals surface area (Å²) in [6.45, 7) is 2.66. The van der Waals surface area contributed by atoms with Crippen LogP contribution in [0, 0.1) is 0 Å². The minimum atomic E-state index is -0.257. The fourth-order valence-electron chi connectivity index (χ4n) is 2.80. The zero-order valence-electron chi connectivity index (χ0n) is 15.9. The van der Waals surface area contributed by atoms with E-state index in [2.05, 4.69) is 10.5 Å². The van der Waals surface area contributed by atoms with Crippen molar-refractivity contribution >= 4 is 16.9 Å². The summed E-state index contributed by atoms with van der Waals surface area (Å²) in [4.78, 5) is 12.0. The lowest BCUT2D eigenvalue weighted by Gasteiger charge is -2.07. The molecule has 0 aliphatic rings. The Kier molecular flexibility index (Phi) is 5.47. The summed E-state index contributed by atoms with van der Waals surface area (Å²) in [6, 6.07) is 18.5. The number of aromatic nitrogens is 1. The van der Waals surface area contributed by atoms with Crippen LogP contribution in [0.2, 0.25) is 0 Å². The van der Waals surface area contributed by atoms with Crippen LogP contribution in [0.4, 0.5) is 0 Å². The van der Waals surface area contributed by atoms with E-state index in [1.807, 2.05) is 37.3 Å². The number of ether oxygens (including phenoxy) is 2.